The van der Waals surface area contributed by atoms with Crippen LogP contribution in [0.2, 0.25) is 0 Å². The molecule has 0 bridgehead atoms. The summed E-state index contributed by atoms with van der Waals surface area (Å²) in [6.07, 6.45) is 6.90. The second kappa shape index (κ2) is 18.7. The summed E-state index contributed by atoms with van der Waals surface area (Å²) >= 11 is 0. The average molecular weight is 854 g/mol. The third-order valence-corrected chi connectivity index (χ3v) is 13.3. The number of nitrogens with one attached hydrogen (secondary N) is 3. The number of aromatic nitrogens is 1. The highest BCUT2D eigenvalue weighted by atomic mass is 16.6. The van der Waals surface area contributed by atoms with Gasteiger partial charge in [-0.3, -0.25) is 5.32 Å². The Hall–Kier alpha value is -5.56. The first-order chi connectivity index (χ1) is 30.8. The van der Waals surface area contributed by atoms with Gasteiger partial charge in [0.15, 0.2) is 17.6 Å². The van der Waals surface area contributed by atoms with E-state index in [-0.39, 0.29) is 43.5 Å². The lowest BCUT2D eigenvalue weighted by atomic mass is 9.70. The van der Waals surface area contributed by atoms with E-state index in [1.54, 1.807) is 13.2 Å². The van der Waals surface area contributed by atoms with Crippen LogP contribution in [-0.4, -0.2) is 84.3 Å². The molecule has 6 aromatic rings. The number of ether oxygens (including phenoxy) is 4. The average Bonchev–Trinajstić information content (AvgIpc) is 3.79. The number of aliphatic hydroxyl groups is 2. The Morgan fingerprint density at radius 2 is 1.75 bits per heavy atom. The number of methoxy groups -OCH3 is 1. The van der Waals surface area contributed by atoms with Crippen molar-refractivity contribution in [2.24, 2.45) is 0 Å². The monoisotopic (exact) mass is 853 g/mol. The molecule has 330 valence electrons. The maximum Gasteiger partial charge on any atom is 0.161 e. The number of aliphatic hydroxyl groups excluding tert-OH is 2. The number of hydrogen-bond acceptors (Lipinski definition) is 10. The third kappa shape index (κ3) is 8.48. The van der Waals surface area contributed by atoms with Gasteiger partial charge in [-0.1, -0.05) is 42.5 Å². The lowest BCUT2D eigenvalue weighted by molar-refractivity contribution is -0.128. The third-order valence-electron chi connectivity index (χ3n) is 13.3. The highest BCUT2D eigenvalue weighted by Crippen LogP contribution is 2.58. The summed E-state index contributed by atoms with van der Waals surface area (Å²) < 4.78 is 27.2. The summed E-state index contributed by atoms with van der Waals surface area (Å²) in [7, 11) is 3.42. The molecule has 9 rings (SSSR count). The van der Waals surface area contributed by atoms with Gasteiger partial charge in [0, 0.05) is 48.0 Å². The van der Waals surface area contributed by atoms with Crippen LogP contribution in [0.1, 0.15) is 75.8 Å². The molecule has 7 N–H and O–H groups in total. The molecule has 0 spiro atoms. The molecule has 63 heavy (non-hydrogen) atoms. The molecule has 3 heterocycles. The van der Waals surface area contributed by atoms with Gasteiger partial charge >= 0.3 is 0 Å². The summed E-state index contributed by atoms with van der Waals surface area (Å²) in [5, 5.41) is 50.8. The molecule has 0 saturated heterocycles. The predicted octanol–water partition coefficient (Wildman–Crippen LogP) is 7.58. The van der Waals surface area contributed by atoms with E-state index in [4.69, 9.17) is 18.9 Å². The van der Waals surface area contributed by atoms with Crippen LogP contribution in [0.3, 0.4) is 0 Å². The van der Waals surface area contributed by atoms with Gasteiger partial charge in [-0.05, 0) is 158 Å². The van der Waals surface area contributed by atoms with Crippen LogP contribution in [0.25, 0.3) is 22.0 Å². The number of benzene rings is 5. The maximum atomic E-state index is 11.3. The Balaban J connectivity index is 1.20. The van der Waals surface area contributed by atoms with E-state index >= 15 is 0 Å². The summed E-state index contributed by atoms with van der Waals surface area (Å²) in [5.41, 5.74) is 10.3. The van der Waals surface area contributed by atoms with Crippen molar-refractivity contribution in [1.29, 1.82) is 0 Å². The lowest BCUT2D eigenvalue weighted by Gasteiger charge is -2.47. The van der Waals surface area contributed by atoms with Gasteiger partial charge in [-0.25, -0.2) is 0 Å². The van der Waals surface area contributed by atoms with Crippen LogP contribution in [0, 0.1) is 0 Å². The van der Waals surface area contributed by atoms with E-state index in [1.807, 2.05) is 43.6 Å². The van der Waals surface area contributed by atoms with Crippen molar-refractivity contribution in [1.82, 2.24) is 15.6 Å². The molecule has 0 amide bonds. The maximum absolute atomic E-state index is 11.3. The van der Waals surface area contributed by atoms with Crippen LogP contribution in [0.15, 0.2) is 91.1 Å². The number of rotatable bonds is 17. The first-order valence-corrected chi connectivity index (χ1v) is 22.4. The molecule has 11 nitrogen and oxygen atoms in total. The van der Waals surface area contributed by atoms with Gasteiger partial charge in [0.05, 0.1) is 20.4 Å². The van der Waals surface area contributed by atoms with Crippen molar-refractivity contribution in [2.45, 2.75) is 81.5 Å². The van der Waals surface area contributed by atoms with E-state index in [0.29, 0.717) is 56.4 Å². The van der Waals surface area contributed by atoms with Crippen LogP contribution in [0.4, 0.5) is 0 Å². The Kier molecular flexibility index (Phi) is 12.6. The Labute approximate surface area is 369 Å². The molecular weight excluding hydrogens is 795 g/mol. The topological polar surface area (TPSA) is 158 Å². The van der Waals surface area contributed by atoms with Gasteiger partial charge in [-0.15, -0.1) is 0 Å². The standard InChI is InChI=1S/C52H59N3O8/c1-53-31-61-52(30-54-19-6-10-32-8-4-3-5-9-32)28-44-43-25-36(23-33-12-17-45-34(22-33)18-20-55-45)42-27-38(58)13-15-40(42)47(43)50-41(16-14-39(29-57)62-50)49(44)63-51(52)37-24-35(11-7-21-56)48(59)46(26-37)60-2/h3-5,8-9,12-13,15,17-18,20,22,24,26-27,36,39,51,53-59H,6-7,10-11,14,16,19,21,23,25,28-31H2,1-2H3/t36-,39+,51+,52-/m0/s1. The fourth-order valence-corrected chi connectivity index (χ4v) is 10.2. The molecular formula is C52H59N3O8. The number of phenolic OH excluding ortho intramolecular Hbond substituents is 2. The van der Waals surface area contributed by atoms with Gasteiger partial charge in [0.25, 0.3) is 0 Å². The Bertz CT molecular complexity index is 2560. The van der Waals surface area contributed by atoms with Crippen LogP contribution in [-0.2, 0) is 43.3 Å². The fourth-order valence-electron chi connectivity index (χ4n) is 10.2. The van der Waals surface area contributed by atoms with E-state index in [0.717, 1.165) is 87.2 Å². The van der Waals surface area contributed by atoms with Crippen molar-refractivity contribution in [3.8, 4) is 39.9 Å². The number of fused-ring (bicyclic) bond motifs is 9. The molecule has 11 heteroatoms. The minimum Gasteiger partial charge on any atom is -0.508 e. The van der Waals surface area contributed by atoms with Gasteiger partial charge in [0.2, 0.25) is 0 Å². The van der Waals surface area contributed by atoms with Crippen molar-refractivity contribution >= 4 is 10.9 Å². The summed E-state index contributed by atoms with van der Waals surface area (Å²) in [4.78, 5) is 3.32. The smallest absolute Gasteiger partial charge is 0.161 e. The molecule has 5 aromatic carbocycles. The summed E-state index contributed by atoms with van der Waals surface area (Å²) in [5.74, 6) is 2.12. The van der Waals surface area contributed by atoms with Crippen molar-refractivity contribution in [3.63, 3.8) is 0 Å². The van der Waals surface area contributed by atoms with Crippen molar-refractivity contribution < 1.29 is 39.4 Å². The predicted molar refractivity (Wildman–Crippen MR) is 244 cm³/mol. The quantitative estimate of drug-likeness (QED) is 0.0361. The first kappa shape index (κ1) is 42.7. The minimum atomic E-state index is -0.950. The number of aryl methyl sites for hydroxylation is 2. The van der Waals surface area contributed by atoms with E-state index in [9.17, 15) is 20.4 Å². The molecule has 0 fully saturated rings. The zero-order valence-corrected chi connectivity index (χ0v) is 36.2. The number of H-pyrrole nitrogens is 1. The van der Waals surface area contributed by atoms with E-state index in [1.165, 1.54) is 11.1 Å². The number of phenols is 2. The summed E-state index contributed by atoms with van der Waals surface area (Å²) in [6, 6.07) is 28.7. The fraction of sp³-hybridized carbons (Fsp3) is 0.385. The van der Waals surface area contributed by atoms with E-state index < -0.39 is 11.7 Å². The normalized spacial score (nSPS) is 20.0. The molecule has 0 unspecified atom stereocenters. The molecule has 1 aromatic heterocycles. The molecule has 0 saturated carbocycles. The molecule has 0 radical (unpaired) electrons. The molecule has 3 aliphatic rings. The van der Waals surface area contributed by atoms with Crippen LogP contribution >= 0.6 is 0 Å². The van der Waals surface area contributed by atoms with Crippen LogP contribution in [0.5, 0.6) is 28.7 Å². The number of hydrogen-bond donors (Lipinski definition) is 7. The Morgan fingerprint density at radius 3 is 2.56 bits per heavy atom. The van der Waals surface area contributed by atoms with Crippen molar-refractivity contribution in [2.75, 3.05) is 47.2 Å². The minimum absolute atomic E-state index is 0.0159. The van der Waals surface area contributed by atoms with Gasteiger partial charge in [0.1, 0.15) is 29.0 Å². The largest absolute Gasteiger partial charge is 0.508 e. The Morgan fingerprint density at radius 1 is 0.873 bits per heavy atom. The number of aromatic hydroxyl groups is 2. The molecule has 1 aliphatic carbocycles. The van der Waals surface area contributed by atoms with Gasteiger partial charge < -0.3 is 49.7 Å². The number of aromatic amines is 1. The highest BCUT2D eigenvalue weighted by molar-refractivity contribution is 5.85. The highest BCUT2D eigenvalue weighted by Gasteiger charge is 2.50. The van der Waals surface area contributed by atoms with Crippen LogP contribution < -0.4 is 24.8 Å². The zero-order valence-electron chi connectivity index (χ0n) is 36.2. The van der Waals surface area contributed by atoms with Crippen molar-refractivity contribution in [3.05, 3.63) is 136 Å². The van der Waals surface area contributed by atoms with E-state index in [2.05, 4.69) is 64.1 Å². The zero-order chi connectivity index (χ0) is 43.5. The summed E-state index contributed by atoms with van der Waals surface area (Å²) in [6.45, 7) is 1.35. The van der Waals surface area contributed by atoms with Gasteiger partial charge in [-0.2, -0.15) is 0 Å². The lowest BCUT2D eigenvalue weighted by Crippen LogP contribution is -2.55. The second-order valence-corrected chi connectivity index (χ2v) is 17.4. The second-order valence-electron chi connectivity index (χ2n) is 17.4. The molecule has 4 atom stereocenters. The first-order valence-electron chi connectivity index (χ1n) is 22.4. The SMILES string of the molecule is CNCO[C@]1(CNCCCc2ccccc2)Cc2c3c(c4c(c2O[C@@H]1c1cc(CCCO)c(O)c(OC)c1)CC[C@H](CO)O4)-c1ccc(O)cc1[C@@H](Cc1ccc2[nH]ccc2c1)C3. The molecule has 2 aliphatic heterocycles.